The van der Waals surface area contributed by atoms with Crippen molar-refractivity contribution in [2.45, 2.75) is 43.4 Å². The molecule has 0 saturated carbocycles. The lowest BCUT2D eigenvalue weighted by atomic mass is 10.1. The molecule has 22 heavy (non-hydrogen) atoms. The standard InChI is InChI=1S/C14H21NO5S2/c1-22(19,20)11-9-12(21-10-11)14(18)15-8-6-4-2-3-5-7-13(16)17/h9-10H,2-8H2,1H3,(H,15,18)(H,16,17). The van der Waals surface area contributed by atoms with Crippen molar-refractivity contribution >= 4 is 33.1 Å². The highest BCUT2D eigenvalue weighted by Crippen LogP contribution is 2.19. The number of aliphatic carboxylic acids is 1. The Bertz CT molecular complexity index is 607. The van der Waals surface area contributed by atoms with Gasteiger partial charge in [0.1, 0.15) is 0 Å². The second-order valence-electron chi connectivity index (χ2n) is 5.09. The van der Waals surface area contributed by atoms with E-state index in [1.165, 1.54) is 11.4 Å². The fraction of sp³-hybridized carbons (Fsp3) is 0.571. The largest absolute Gasteiger partial charge is 0.481 e. The minimum atomic E-state index is -3.27. The van der Waals surface area contributed by atoms with Crippen LogP contribution in [0.4, 0.5) is 0 Å². The molecule has 124 valence electrons. The highest BCUT2D eigenvalue weighted by Gasteiger charge is 2.14. The van der Waals surface area contributed by atoms with Crippen molar-refractivity contribution in [2.75, 3.05) is 12.8 Å². The lowest BCUT2D eigenvalue weighted by Crippen LogP contribution is -2.23. The number of thiophene rings is 1. The van der Waals surface area contributed by atoms with Crippen LogP contribution in [-0.4, -0.2) is 38.2 Å². The van der Waals surface area contributed by atoms with Gasteiger partial charge in [0, 0.05) is 24.6 Å². The number of hydrogen-bond acceptors (Lipinski definition) is 5. The van der Waals surface area contributed by atoms with E-state index in [0.29, 0.717) is 17.8 Å². The fourth-order valence-electron chi connectivity index (χ4n) is 1.85. The predicted octanol–water partition coefficient (Wildman–Crippen LogP) is 2.31. The number of amides is 1. The molecule has 0 radical (unpaired) electrons. The number of carboxylic acids is 1. The van der Waals surface area contributed by atoms with Crippen LogP contribution in [0.3, 0.4) is 0 Å². The molecule has 0 fully saturated rings. The molecule has 1 aromatic heterocycles. The van der Waals surface area contributed by atoms with Crippen LogP contribution in [-0.2, 0) is 14.6 Å². The van der Waals surface area contributed by atoms with Crippen molar-refractivity contribution in [3.8, 4) is 0 Å². The van der Waals surface area contributed by atoms with Crippen LogP contribution >= 0.6 is 11.3 Å². The van der Waals surface area contributed by atoms with Gasteiger partial charge in [0.15, 0.2) is 9.84 Å². The molecule has 6 nitrogen and oxygen atoms in total. The molecule has 1 heterocycles. The number of sulfone groups is 1. The van der Waals surface area contributed by atoms with Crippen molar-refractivity contribution in [3.05, 3.63) is 16.3 Å². The molecule has 0 spiro atoms. The Kier molecular flexibility index (Phi) is 7.53. The summed E-state index contributed by atoms with van der Waals surface area (Å²) < 4.78 is 22.7. The number of rotatable bonds is 10. The Morgan fingerprint density at radius 1 is 1.18 bits per heavy atom. The van der Waals surface area contributed by atoms with E-state index in [1.54, 1.807) is 0 Å². The SMILES string of the molecule is CS(=O)(=O)c1csc(C(=O)NCCCCCCCC(=O)O)c1. The summed E-state index contributed by atoms with van der Waals surface area (Å²) in [5, 5.41) is 12.7. The first kappa shape index (κ1) is 18.6. The monoisotopic (exact) mass is 347 g/mol. The molecule has 0 aliphatic carbocycles. The molecule has 0 atom stereocenters. The molecule has 0 aliphatic rings. The van der Waals surface area contributed by atoms with Crippen LogP contribution in [0.15, 0.2) is 16.3 Å². The third kappa shape index (κ3) is 7.04. The number of unbranched alkanes of at least 4 members (excludes halogenated alkanes) is 4. The lowest BCUT2D eigenvalue weighted by Gasteiger charge is -2.03. The zero-order valence-electron chi connectivity index (χ0n) is 12.5. The fourth-order valence-corrected chi connectivity index (χ4v) is 3.79. The van der Waals surface area contributed by atoms with E-state index in [0.717, 1.165) is 43.3 Å². The summed E-state index contributed by atoms with van der Waals surface area (Å²) in [5.74, 6) is -1.03. The van der Waals surface area contributed by atoms with E-state index in [-0.39, 0.29) is 17.2 Å². The first-order valence-electron chi connectivity index (χ1n) is 7.09. The molecule has 2 N–H and O–H groups in total. The Morgan fingerprint density at radius 3 is 2.41 bits per heavy atom. The Morgan fingerprint density at radius 2 is 1.82 bits per heavy atom. The molecule has 0 aliphatic heterocycles. The normalized spacial score (nSPS) is 11.3. The summed E-state index contributed by atoms with van der Waals surface area (Å²) >= 11 is 1.12. The van der Waals surface area contributed by atoms with E-state index in [2.05, 4.69) is 5.32 Å². The zero-order valence-corrected chi connectivity index (χ0v) is 14.1. The van der Waals surface area contributed by atoms with E-state index in [4.69, 9.17) is 5.11 Å². The number of nitrogens with one attached hydrogen (secondary N) is 1. The van der Waals surface area contributed by atoms with Crippen LogP contribution in [0.25, 0.3) is 0 Å². The summed E-state index contributed by atoms with van der Waals surface area (Å²) in [4.78, 5) is 22.7. The minimum Gasteiger partial charge on any atom is -0.481 e. The van der Waals surface area contributed by atoms with Gasteiger partial charge in [0.05, 0.1) is 9.77 Å². The molecule has 1 amide bonds. The van der Waals surface area contributed by atoms with Gasteiger partial charge in [-0.3, -0.25) is 9.59 Å². The molecule has 0 bridgehead atoms. The summed E-state index contributed by atoms with van der Waals surface area (Å²) in [6, 6.07) is 1.39. The summed E-state index contributed by atoms with van der Waals surface area (Å²) in [7, 11) is -3.27. The van der Waals surface area contributed by atoms with Crippen molar-refractivity contribution < 1.29 is 23.1 Å². The van der Waals surface area contributed by atoms with Crippen LogP contribution in [0, 0.1) is 0 Å². The summed E-state index contributed by atoms with van der Waals surface area (Å²) in [5.41, 5.74) is 0. The van der Waals surface area contributed by atoms with Gasteiger partial charge in [0.25, 0.3) is 5.91 Å². The lowest BCUT2D eigenvalue weighted by molar-refractivity contribution is -0.137. The molecule has 0 unspecified atom stereocenters. The summed E-state index contributed by atoms with van der Waals surface area (Å²) in [6.45, 7) is 0.532. The van der Waals surface area contributed by atoms with Crippen LogP contribution in [0.5, 0.6) is 0 Å². The maximum absolute atomic E-state index is 11.8. The van der Waals surface area contributed by atoms with E-state index in [1.807, 2.05) is 0 Å². The van der Waals surface area contributed by atoms with Crippen molar-refractivity contribution in [1.82, 2.24) is 5.32 Å². The van der Waals surface area contributed by atoms with Gasteiger partial charge in [-0.05, 0) is 18.9 Å². The van der Waals surface area contributed by atoms with E-state index >= 15 is 0 Å². The Hall–Kier alpha value is -1.41. The quantitative estimate of drug-likeness (QED) is 0.633. The minimum absolute atomic E-state index is 0.168. The molecule has 0 aromatic carbocycles. The maximum atomic E-state index is 11.8. The smallest absolute Gasteiger partial charge is 0.303 e. The highest BCUT2D eigenvalue weighted by atomic mass is 32.2. The van der Waals surface area contributed by atoms with Gasteiger partial charge >= 0.3 is 5.97 Å². The zero-order chi connectivity index (χ0) is 16.6. The molecular formula is C14H21NO5S2. The molecule has 1 rings (SSSR count). The average molecular weight is 347 g/mol. The number of hydrogen-bond donors (Lipinski definition) is 2. The van der Waals surface area contributed by atoms with Crippen molar-refractivity contribution in [3.63, 3.8) is 0 Å². The molecule has 8 heteroatoms. The second kappa shape index (κ2) is 8.89. The number of carbonyl (C=O) groups excluding carboxylic acids is 1. The van der Waals surface area contributed by atoms with Gasteiger partial charge in [0.2, 0.25) is 0 Å². The average Bonchev–Trinajstić information content (AvgIpc) is 2.91. The topological polar surface area (TPSA) is 101 Å². The number of carbonyl (C=O) groups is 2. The first-order chi connectivity index (χ1) is 10.3. The van der Waals surface area contributed by atoms with Crippen molar-refractivity contribution in [2.24, 2.45) is 0 Å². The maximum Gasteiger partial charge on any atom is 0.303 e. The van der Waals surface area contributed by atoms with Gasteiger partial charge in [-0.2, -0.15) is 0 Å². The van der Waals surface area contributed by atoms with E-state index in [9.17, 15) is 18.0 Å². The Balaban J connectivity index is 2.19. The van der Waals surface area contributed by atoms with Gasteiger partial charge in [-0.15, -0.1) is 11.3 Å². The van der Waals surface area contributed by atoms with Crippen LogP contribution < -0.4 is 5.32 Å². The van der Waals surface area contributed by atoms with Gasteiger partial charge in [-0.1, -0.05) is 19.3 Å². The third-order valence-electron chi connectivity index (χ3n) is 3.08. The third-order valence-corrected chi connectivity index (χ3v) is 5.25. The molecule has 1 aromatic rings. The number of carboxylic acid groups (broad SMARTS) is 1. The van der Waals surface area contributed by atoms with E-state index < -0.39 is 15.8 Å². The Labute approximate surface area is 134 Å². The highest BCUT2D eigenvalue weighted by molar-refractivity contribution is 7.90. The van der Waals surface area contributed by atoms with Crippen LogP contribution in [0.1, 0.15) is 48.2 Å². The molecule has 0 saturated heterocycles. The van der Waals surface area contributed by atoms with Crippen molar-refractivity contribution in [1.29, 1.82) is 0 Å². The molecular weight excluding hydrogens is 326 g/mol. The second-order valence-corrected chi connectivity index (χ2v) is 8.01. The first-order valence-corrected chi connectivity index (χ1v) is 9.86. The van der Waals surface area contributed by atoms with Crippen LogP contribution in [0.2, 0.25) is 0 Å². The predicted molar refractivity (Wildman–Crippen MR) is 85.1 cm³/mol. The van der Waals surface area contributed by atoms with Gasteiger partial charge in [-0.25, -0.2) is 8.42 Å². The van der Waals surface area contributed by atoms with Gasteiger partial charge < -0.3 is 10.4 Å². The summed E-state index contributed by atoms with van der Waals surface area (Å²) in [6.07, 6.45) is 5.58.